The summed E-state index contributed by atoms with van der Waals surface area (Å²) in [5.74, 6) is -0.378. The van der Waals surface area contributed by atoms with Crippen LogP contribution in [0, 0.1) is 6.92 Å². The van der Waals surface area contributed by atoms with Crippen LogP contribution in [0.1, 0.15) is 21.6 Å². The summed E-state index contributed by atoms with van der Waals surface area (Å²) in [5, 5.41) is 5.15. The predicted octanol–water partition coefficient (Wildman–Crippen LogP) is 2.63. The minimum Gasteiger partial charge on any atom is -0.457 e. The van der Waals surface area contributed by atoms with Crippen LogP contribution in [0.4, 0.5) is 0 Å². The number of aryl methyl sites for hydroxylation is 2. The Labute approximate surface area is 122 Å². The third-order valence-electron chi connectivity index (χ3n) is 3.31. The Balaban J connectivity index is 1.80. The van der Waals surface area contributed by atoms with Crippen molar-refractivity contribution in [2.75, 3.05) is 0 Å². The Kier molecular flexibility index (Phi) is 3.39. The topological polar surface area (TPSA) is 57.0 Å². The normalized spacial score (nSPS) is 10.8. The van der Waals surface area contributed by atoms with Gasteiger partial charge in [0.15, 0.2) is 5.65 Å². The van der Waals surface area contributed by atoms with Gasteiger partial charge in [0, 0.05) is 18.6 Å². The van der Waals surface area contributed by atoms with Gasteiger partial charge >= 0.3 is 5.97 Å². The summed E-state index contributed by atoms with van der Waals surface area (Å²) in [6.45, 7) is 2.15. The number of rotatable bonds is 3. The van der Waals surface area contributed by atoms with Gasteiger partial charge in [-0.1, -0.05) is 30.3 Å². The summed E-state index contributed by atoms with van der Waals surface area (Å²) >= 11 is 0. The molecule has 3 aromatic rings. The van der Waals surface area contributed by atoms with Gasteiger partial charge in [-0.05, 0) is 18.6 Å². The number of ether oxygens (including phenoxy) is 1. The number of nitrogens with zero attached hydrogens (tertiary/aromatic N) is 3. The van der Waals surface area contributed by atoms with Gasteiger partial charge in [-0.3, -0.25) is 4.68 Å². The zero-order chi connectivity index (χ0) is 14.8. The molecule has 0 N–H and O–H groups in total. The van der Waals surface area contributed by atoms with E-state index >= 15 is 0 Å². The molecule has 3 rings (SSSR count). The number of benzene rings is 1. The van der Waals surface area contributed by atoms with Crippen LogP contribution >= 0.6 is 0 Å². The number of hydrogen-bond donors (Lipinski definition) is 0. The van der Waals surface area contributed by atoms with E-state index in [-0.39, 0.29) is 12.6 Å². The molecule has 0 atom stereocenters. The van der Waals surface area contributed by atoms with E-state index in [9.17, 15) is 4.79 Å². The van der Waals surface area contributed by atoms with Crippen molar-refractivity contribution in [1.29, 1.82) is 0 Å². The Bertz CT molecular complexity index is 794. The largest absolute Gasteiger partial charge is 0.457 e. The number of hydrogen-bond acceptors (Lipinski definition) is 4. The highest BCUT2D eigenvalue weighted by Crippen LogP contribution is 2.17. The first-order valence-electron chi connectivity index (χ1n) is 6.65. The SMILES string of the molecule is Cc1nn(C)c2ncc(C(=O)OCc3ccccc3)cc12. The smallest absolute Gasteiger partial charge is 0.340 e. The van der Waals surface area contributed by atoms with E-state index in [0.29, 0.717) is 5.56 Å². The predicted molar refractivity (Wildman–Crippen MR) is 78.8 cm³/mol. The fourth-order valence-electron chi connectivity index (χ4n) is 2.23. The molecule has 2 heterocycles. The van der Waals surface area contributed by atoms with Crippen LogP contribution in [-0.4, -0.2) is 20.7 Å². The van der Waals surface area contributed by atoms with Crippen LogP contribution in [0.25, 0.3) is 11.0 Å². The molecular weight excluding hydrogens is 266 g/mol. The minimum absolute atomic E-state index is 0.254. The van der Waals surface area contributed by atoms with Gasteiger partial charge in [-0.25, -0.2) is 9.78 Å². The zero-order valence-corrected chi connectivity index (χ0v) is 11.9. The van der Waals surface area contributed by atoms with E-state index in [2.05, 4.69) is 10.1 Å². The van der Waals surface area contributed by atoms with Crippen molar-refractivity contribution >= 4 is 17.0 Å². The molecule has 5 nitrogen and oxygen atoms in total. The monoisotopic (exact) mass is 281 g/mol. The average molecular weight is 281 g/mol. The molecule has 0 spiro atoms. The van der Waals surface area contributed by atoms with Gasteiger partial charge in [-0.2, -0.15) is 5.10 Å². The molecule has 0 radical (unpaired) electrons. The van der Waals surface area contributed by atoms with Crippen LogP contribution in [0.3, 0.4) is 0 Å². The first kappa shape index (κ1) is 13.3. The van der Waals surface area contributed by atoms with Crippen LogP contribution in [-0.2, 0) is 18.4 Å². The molecule has 2 aromatic heterocycles. The lowest BCUT2D eigenvalue weighted by Crippen LogP contribution is -2.06. The maximum absolute atomic E-state index is 12.1. The molecule has 0 aliphatic carbocycles. The summed E-state index contributed by atoms with van der Waals surface area (Å²) in [6, 6.07) is 11.4. The lowest BCUT2D eigenvalue weighted by molar-refractivity contribution is 0.0472. The van der Waals surface area contributed by atoms with Gasteiger partial charge < -0.3 is 4.74 Å². The summed E-state index contributed by atoms with van der Waals surface area (Å²) in [5.41, 5.74) is 3.00. The number of carbonyl (C=O) groups is 1. The molecule has 0 unspecified atom stereocenters. The van der Waals surface area contributed by atoms with Gasteiger partial charge in [0.05, 0.1) is 11.3 Å². The molecule has 0 fully saturated rings. The fraction of sp³-hybridized carbons (Fsp3) is 0.188. The Hall–Kier alpha value is -2.69. The van der Waals surface area contributed by atoms with Crippen molar-refractivity contribution in [2.24, 2.45) is 7.05 Å². The third-order valence-corrected chi connectivity index (χ3v) is 3.31. The molecule has 1 aromatic carbocycles. The lowest BCUT2D eigenvalue weighted by Gasteiger charge is -2.05. The highest BCUT2D eigenvalue weighted by Gasteiger charge is 2.12. The molecule has 0 bridgehead atoms. The van der Waals surface area contributed by atoms with E-state index in [1.54, 1.807) is 10.7 Å². The maximum Gasteiger partial charge on any atom is 0.340 e. The van der Waals surface area contributed by atoms with E-state index in [1.165, 1.54) is 6.20 Å². The van der Waals surface area contributed by atoms with Gasteiger partial charge in [0.1, 0.15) is 6.61 Å². The molecule has 0 amide bonds. The molecule has 21 heavy (non-hydrogen) atoms. The summed E-state index contributed by atoms with van der Waals surface area (Å²) in [7, 11) is 1.83. The molecule has 106 valence electrons. The lowest BCUT2D eigenvalue weighted by atomic mass is 10.2. The van der Waals surface area contributed by atoms with Gasteiger partial charge in [-0.15, -0.1) is 0 Å². The van der Waals surface area contributed by atoms with Crippen molar-refractivity contribution in [2.45, 2.75) is 13.5 Å². The highest BCUT2D eigenvalue weighted by atomic mass is 16.5. The zero-order valence-electron chi connectivity index (χ0n) is 11.9. The molecule has 0 saturated carbocycles. The standard InChI is InChI=1S/C16H15N3O2/c1-11-14-8-13(9-17-15(14)19(2)18-11)16(20)21-10-12-6-4-3-5-7-12/h3-9H,10H2,1-2H3. The van der Waals surface area contributed by atoms with E-state index in [4.69, 9.17) is 4.74 Å². The Morgan fingerprint density at radius 1 is 1.29 bits per heavy atom. The first-order valence-corrected chi connectivity index (χ1v) is 6.65. The van der Waals surface area contributed by atoms with Crippen molar-refractivity contribution in [3.8, 4) is 0 Å². The second-order valence-corrected chi connectivity index (χ2v) is 4.87. The molecule has 0 aliphatic heterocycles. The fourth-order valence-corrected chi connectivity index (χ4v) is 2.23. The minimum atomic E-state index is -0.378. The third kappa shape index (κ3) is 2.63. The Morgan fingerprint density at radius 2 is 2.05 bits per heavy atom. The van der Waals surface area contributed by atoms with Crippen LogP contribution < -0.4 is 0 Å². The molecule has 0 aliphatic rings. The van der Waals surface area contributed by atoms with Crippen molar-refractivity contribution in [3.63, 3.8) is 0 Å². The number of esters is 1. The quantitative estimate of drug-likeness (QED) is 0.692. The average Bonchev–Trinajstić information content (AvgIpc) is 2.80. The van der Waals surface area contributed by atoms with Gasteiger partial charge in [0.25, 0.3) is 0 Å². The number of pyridine rings is 1. The molecular formula is C16H15N3O2. The molecule has 5 heteroatoms. The van der Waals surface area contributed by atoms with E-state index < -0.39 is 0 Å². The Morgan fingerprint density at radius 3 is 2.81 bits per heavy atom. The van der Waals surface area contributed by atoms with Crippen molar-refractivity contribution < 1.29 is 9.53 Å². The van der Waals surface area contributed by atoms with Crippen LogP contribution in [0.15, 0.2) is 42.6 Å². The van der Waals surface area contributed by atoms with Crippen molar-refractivity contribution in [1.82, 2.24) is 14.8 Å². The summed E-state index contributed by atoms with van der Waals surface area (Å²) < 4.78 is 7.00. The van der Waals surface area contributed by atoms with E-state index in [0.717, 1.165) is 22.3 Å². The summed E-state index contributed by atoms with van der Waals surface area (Å²) in [4.78, 5) is 16.4. The first-order chi connectivity index (χ1) is 10.1. The van der Waals surface area contributed by atoms with Crippen molar-refractivity contribution in [3.05, 3.63) is 59.4 Å². The van der Waals surface area contributed by atoms with Crippen LogP contribution in [0.2, 0.25) is 0 Å². The number of fused-ring (bicyclic) bond motifs is 1. The van der Waals surface area contributed by atoms with Gasteiger partial charge in [0.2, 0.25) is 0 Å². The summed E-state index contributed by atoms with van der Waals surface area (Å²) in [6.07, 6.45) is 1.52. The molecule has 0 saturated heterocycles. The van der Waals surface area contributed by atoms with Crippen LogP contribution in [0.5, 0.6) is 0 Å². The second-order valence-electron chi connectivity index (χ2n) is 4.87. The second kappa shape index (κ2) is 5.36. The maximum atomic E-state index is 12.1. The van der Waals surface area contributed by atoms with E-state index in [1.807, 2.05) is 44.3 Å². The highest BCUT2D eigenvalue weighted by molar-refractivity contribution is 5.93. The number of aromatic nitrogens is 3. The number of carbonyl (C=O) groups excluding carboxylic acids is 1.